The van der Waals surface area contributed by atoms with E-state index in [-0.39, 0.29) is 0 Å². The molecule has 4 rings (SSSR count). The molecule has 0 atom stereocenters. The van der Waals surface area contributed by atoms with Crippen molar-refractivity contribution in [2.24, 2.45) is 0 Å². The van der Waals surface area contributed by atoms with Gasteiger partial charge in [0.1, 0.15) is 0 Å². The standard InChI is InChI=1S/C25H26F3N3O2/c1-3-32-22-7-5-6-18(23(22)33-4-2)15-31-13-12-21-19(16-31)14-29-24(30-21)17-8-10-20(11-9-17)25(26,27)28/h5-11,14H,3-4,12-13,15-16H2,1-2H3. The lowest BCUT2D eigenvalue weighted by Gasteiger charge is -2.29. The number of ether oxygens (including phenoxy) is 2. The number of hydrogen-bond acceptors (Lipinski definition) is 5. The van der Waals surface area contributed by atoms with E-state index in [0.717, 1.165) is 53.4 Å². The minimum absolute atomic E-state index is 0.443. The first-order valence-corrected chi connectivity index (χ1v) is 11.0. The molecule has 5 nitrogen and oxygen atoms in total. The fourth-order valence-electron chi connectivity index (χ4n) is 3.96. The fourth-order valence-corrected chi connectivity index (χ4v) is 3.96. The number of benzene rings is 2. The van der Waals surface area contributed by atoms with E-state index < -0.39 is 11.7 Å². The number of aromatic nitrogens is 2. The molecular weight excluding hydrogens is 431 g/mol. The molecule has 0 saturated carbocycles. The van der Waals surface area contributed by atoms with E-state index >= 15 is 0 Å². The van der Waals surface area contributed by atoms with Gasteiger partial charge in [-0.3, -0.25) is 4.90 Å². The molecule has 174 valence electrons. The molecule has 1 aliphatic heterocycles. The van der Waals surface area contributed by atoms with Crippen molar-refractivity contribution in [1.82, 2.24) is 14.9 Å². The average Bonchev–Trinajstić information content (AvgIpc) is 2.80. The van der Waals surface area contributed by atoms with Crippen LogP contribution >= 0.6 is 0 Å². The molecule has 0 unspecified atom stereocenters. The number of para-hydroxylation sites is 1. The number of nitrogens with zero attached hydrogens (tertiary/aromatic N) is 3. The molecule has 0 saturated heterocycles. The van der Waals surface area contributed by atoms with Gasteiger partial charge < -0.3 is 9.47 Å². The zero-order chi connectivity index (χ0) is 23.4. The average molecular weight is 457 g/mol. The molecular formula is C25H26F3N3O2. The molecule has 1 aliphatic rings. The summed E-state index contributed by atoms with van der Waals surface area (Å²) >= 11 is 0. The normalized spacial score (nSPS) is 14.1. The Balaban J connectivity index is 1.50. The van der Waals surface area contributed by atoms with Gasteiger partial charge in [-0.05, 0) is 32.0 Å². The molecule has 0 spiro atoms. The van der Waals surface area contributed by atoms with Gasteiger partial charge in [0.25, 0.3) is 0 Å². The van der Waals surface area contributed by atoms with Gasteiger partial charge in [0.05, 0.1) is 24.5 Å². The summed E-state index contributed by atoms with van der Waals surface area (Å²) in [5, 5.41) is 0. The summed E-state index contributed by atoms with van der Waals surface area (Å²) in [4.78, 5) is 11.4. The smallest absolute Gasteiger partial charge is 0.416 e. The number of hydrogen-bond donors (Lipinski definition) is 0. The highest BCUT2D eigenvalue weighted by atomic mass is 19.4. The van der Waals surface area contributed by atoms with Crippen molar-refractivity contribution in [2.75, 3.05) is 19.8 Å². The zero-order valence-corrected chi connectivity index (χ0v) is 18.7. The highest BCUT2D eigenvalue weighted by molar-refractivity contribution is 5.56. The number of rotatable bonds is 7. The van der Waals surface area contributed by atoms with E-state index in [2.05, 4.69) is 14.9 Å². The molecule has 33 heavy (non-hydrogen) atoms. The van der Waals surface area contributed by atoms with Crippen LogP contribution in [0.5, 0.6) is 11.5 Å². The second kappa shape index (κ2) is 9.79. The first kappa shape index (κ1) is 23.0. The van der Waals surface area contributed by atoms with Gasteiger partial charge in [-0.15, -0.1) is 0 Å². The van der Waals surface area contributed by atoms with Crippen LogP contribution in [0.1, 0.15) is 36.2 Å². The van der Waals surface area contributed by atoms with E-state index in [1.165, 1.54) is 12.1 Å². The van der Waals surface area contributed by atoms with Gasteiger partial charge in [0.15, 0.2) is 17.3 Å². The molecule has 0 aliphatic carbocycles. The van der Waals surface area contributed by atoms with E-state index in [1.54, 1.807) is 6.20 Å². The van der Waals surface area contributed by atoms with Crippen molar-refractivity contribution in [3.05, 3.63) is 71.0 Å². The van der Waals surface area contributed by atoms with Crippen LogP contribution in [-0.2, 0) is 25.7 Å². The van der Waals surface area contributed by atoms with Crippen molar-refractivity contribution >= 4 is 0 Å². The van der Waals surface area contributed by atoms with Gasteiger partial charge in [-0.25, -0.2) is 9.97 Å². The Morgan fingerprint density at radius 2 is 1.76 bits per heavy atom. The molecule has 0 bridgehead atoms. The quantitative estimate of drug-likeness (QED) is 0.468. The third-order valence-electron chi connectivity index (χ3n) is 5.53. The highest BCUT2D eigenvalue weighted by Gasteiger charge is 2.30. The van der Waals surface area contributed by atoms with Crippen LogP contribution in [0.25, 0.3) is 11.4 Å². The Labute approximate surface area is 191 Å². The molecule has 8 heteroatoms. The molecule has 0 amide bonds. The highest BCUT2D eigenvalue weighted by Crippen LogP contribution is 2.34. The van der Waals surface area contributed by atoms with Crippen LogP contribution in [0.3, 0.4) is 0 Å². The van der Waals surface area contributed by atoms with Gasteiger partial charge >= 0.3 is 6.18 Å². The van der Waals surface area contributed by atoms with Crippen LogP contribution in [0.15, 0.2) is 48.7 Å². The summed E-state index contributed by atoms with van der Waals surface area (Å²) in [7, 11) is 0. The number of halogens is 3. The molecule has 2 heterocycles. The van der Waals surface area contributed by atoms with E-state index in [0.29, 0.717) is 37.7 Å². The van der Waals surface area contributed by atoms with Gasteiger partial charge in [-0.2, -0.15) is 13.2 Å². The maximum Gasteiger partial charge on any atom is 0.416 e. The molecule has 1 aromatic heterocycles. The third-order valence-corrected chi connectivity index (χ3v) is 5.53. The summed E-state index contributed by atoms with van der Waals surface area (Å²) in [5.74, 6) is 1.97. The fraction of sp³-hybridized carbons (Fsp3) is 0.360. The van der Waals surface area contributed by atoms with Crippen molar-refractivity contribution in [2.45, 2.75) is 39.5 Å². The van der Waals surface area contributed by atoms with E-state index in [9.17, 15) is 13.2 Å². The summed E-state index contributed by atoms with van der Waals surface area (Å²) in [6.07, 6.45) is -1.84. The topological polar surface area (TPSA) is 47.5 Å². The van der Waals surface area contributed by atoms with Crippen molar-refractivity contribution in [3.8, 4) is 22.9 Å². The van der Waals surface area contributed by atoms with Gasteiger partial charge in [-0.1, -0.05) is 24.3 Å². The Morgan fingerprint density at radius 1 is 1.00 bits per heavy atom. The SMILES string of the molecule is CCOc1cccc(CN2CCc3nc(-c4ccc(C(F)(F)F)cc4)ncc3C2)c1OCC. The number of alkyl halides is 3. The van der Waals surface area contributed by atoms with Crippen LogP contribution in [0.2, 0.25) is 0 Å². The van der Waals surface area contributed by atoms with E-state index in [4.69, 9.17) is 9.47 Å². The predicted molar refractivity (Wildman–Crippen MR) is 119 cm³/mol. The molecule has 0 fully saturated rings. The van der Waals surface area contributed by atoms with E-state index in [1.807, 2.05) is 32.0 Å². The molecule has 3 aromatic rings. The second-order valence-corrected chi connectivity index (χ2v) is 7.81. The minimum atomic E-state index is -4.36. The molecule has 0 N–H and O–H groups in total. The zero-order valence-electron chi connectivity index (χ0n) is 18.7. The largest absolute Gasteiger partial charge is 0.490 e. The predicted octanol–water partition coefficient (Wildman–Crippen LogP) is 5.52. The van der Waals surface area contributed by atoms with Crippen molar-refractivity contribution in [3.63, 3.8) is 0 Å². The van der Waals surface area contributed by atoms with Gasteiger partial charge in [0.2, 0.25) is 0 Å². The summed E-state index contributed by atoms with van der Waals surface area (Å²) in [6.45, 7) is 7.22. The molecule has 0 radical (unpaired) electrons. The summed E-state index contributed by atoms with van der Waals surface area (Å²) < 4.78 is 50.1. The Kier molecular flexibility index (Phi) is 6.83. The van der Waals surface area contributed by atoms with Crippen LogP contribution < -0.4 is 9.47 Å². The van der Waals surface area contributed by atoms with Crippen LogP contribution in [-0.4, -0.2) is 34.6 Å². The first-order valence-electron chi connectivity index (χ1n) is 11.0. The van der Waals surface area contributed by atoms with Crippen LogP contribution in [0.4, 0.5) is 13.2 Å². The van der Waals surface area contributed by atoms with Crippen molar-refractivity contribution < 1.29 is 22.6 Å². The number of fused-ring (bicyclic) bond motifs is 1. The van der Waals surface area contributed by atoms with Crippen molar-refractivity contribution in [1.29, 1.82) is 0 Å². The Hall–Kier alpha value is -3.13. The maximum atomic E-state index is 12.8. The first-order chi connectivity index (χ1) is 15.9. The van der Waals surface area contributed by atoms with Crippen LogP contribution in [0, 0.1) is 0 Å². The monoisotopic (exact) mass is 457 g/mol. The second-order valence-electron chi connectivity index (χ2n) is 7.81. The van der Waals surface area contributed by atoms with Gasteiger partial charge in [0, 0.05) is 48.9 Å². The lowest BCUT2D eigenvalue weighted by molar-refractivity contribution is -0.137. The lowest BCUT2D eigenvalue weighted by Crippen LogP contribution is -2.31. The Bertz CT molecular complexity index is 1100. The minimum Gasteiger partial charge on any atom is -0.490 e. The Morgan fingerprint density at radius 3 is 2.45 bits per heavy atom. The third kappa shape index (κ3) is 5.27. The summed E-state index contributed by atoms with van der Waals surface area (Å²) in [5.41, 5.74) is 2.91. The molecule has 2 aromatic carbocycles. The maximum absolute atomic E-state index is 12.8. The summed E-state index contributed by atoms with van der Waals surface area (Å²) in [6, 6.07) is 10.9. The lowest BCUT2D eigenvalue weighted by atomic mass is 10.0.